The molecular formula is C14H26N4. The van der Waals surface area contributed by atoms with Crippen molar-refractivity contribution in [2.24, 2.45) is 0 Å². The lowest BCUT2D eigenvalue weighted by Gasteiger charge is -2.37. The van der Waals surface area contributed by atoms with Crippen LogP contribution < -0.4 is 5.32 Å². The summed E-state index contributed by atoms with van der Waals surface area (Å²) in [5.41, 5.74) is 0. The summed E-state index contributed by atoms with van der Waals surface area (Å²) >= 11 is 0. The fourth-order valence-electron chi connectivity index (χ4n) is 3.10. The van der Waals surface area contributed by atoms with E-state index < -0.39 is 0 Å². The second-order valence-electron chi connectivity index (χ2n) is 5.56. The van der Waals surface area contributed by atoms with Gasteiger partial charge in [-0.1, -0.05) is 6.92 Å². The Labute approximate surface area is 111 Å². The van der Waals surface area contributed by atoms with E-state index in [2.05, 4.69) is 28.1 Å². The summed E-state index contributed by atoms with van der Waals surface area (Å²) in [5.74, 6) is 0. The Morgan fingerprint density at radius 1 is 1.39 bits per heavy atom. The van der Waals surface area contributed by atoms with Crippen molar-refractivity contribution in [1.29, 1.82) is 5.26 Å². The van der Waals surface area contributed by atoms with Crippen molar-refractivity contribution < 1.29 is 0 Å². The van der Waals surface area contributed by atoms with E-state index >= 15 is 0 Å². The van der Waals surface area contributed by atoms with Gasteiger partial charge in [-0.3, -0.25) is 4.90 Å². The maximum Gasteiger partial charge on any atom is 0.0965 e. The van der Waals surface area contributed by atoms with Crippen molar-refractivity contribution in [3.05, 3.63) is 0 Å². The van der Waals surface area contributed by atoms with Crippen molar-refractivity contribution >= 4 is 0 Å². The smallest absolute Gasteiger partial charge is 0.0965 e. The van der Waals surface area contributed by atoms with Crippen LogP contribution >= 0.6 is 0 Å². The van der Waals surface area contributed by atoms with E-state index in [1.165, 1.54) is 39.0 Å². The average molecular weight is 250 g/mol. The second-order valence-corrected chi connectivity index (χ2v) is 5.56. The third kappa shape index (κ3) is 3.68. The molecule has 1 N–H and O–H groups in total. The van der Waals surface area contributed by atoms with Gasteiger partial charge in [0.1, 0.15) is 0 Å². The van der Waals surface area contributed by atoms with Crippen LogP contribution in [-0.4, -0.2) is 61.2 Å². The SMILES string of the molecule is CCCNC(C#N)CCN1CCN2CCCC2C1. The van der Waals surface area contributed by atoms with E-state index in [1.54, 1.807) is 0 Å². The van der Waals surface area contributed by atoms with Gasteiger partial charge in [-0.2, -0.15) is 5.26 Å². The Morgan fingerprint density at radius 2 is 2.28 bits per heavy atom. The number of hydrogen-bond acceptors (Lipinski definition) is 4. The Balaban J connectivity index is 1.68. The molecule has 2 rings (SSSR count). The van der Waals surface area contributed by atoms with E-state index in [9.17, 15) is 0 Å². The highest BCUT2D eigenvalue weighted by molar-refractivity contribution is 4.92. The first-order chi connectivity index (χ1) is 8.83. The Morgan fingerprint density at radius 3 is 3.06 bits per heavy atom. The van der Waals surface area contributed by atoms with Crippen LogP contribution in [0.1, 0.15) is 32.6 Å². The molecule has 2 unspecified atom stereocenters. The van der Waals surface area contributed by atoms with Gasteiger partial charge in [0.05, 0.1) is 12.1 Å². The van der Waals surface area contributed by atoms with Crippen LogP contribution in [-0.2, 0) is 0 Å². The van der Waals surface area contributed by atoms with Crippen LogP contribution in [0.4, 0.5) is 0 Å². The zero-order chi connectivity index (χ0) is 12.8. The van der Waals surface area contributed by atoms with Crippen LogP contribution in [0.5, 0.6) is 0 Å². The minimum Gasteiger partial charge on any atom is -0.302 e. The molecule has 2 aliphatic rings. The molecule has 0 spiro atoms. The first-order valence-corrected chi connectivity index (χ1v) is 7.43. The van der Waals surface area contributed by atoms with Gasteiger partial charge >= 0.3 is 0 Å². The van der Waals surface area contributed by atoms with Crippen LogP contribution in [0.2, 0.25) is 0 Å². The lowest BCUT2D eigenvalue weighted by molar-refractivity contribution is 0.102. The number of hydrogen-bond donors (Lipinski definition) is 1. The molecule has 0 amide bonds. The van der Waals surface area contributed by atoms with Crippen LogP contribution in [0.25, 0.3) is 0 Å². The van der Waals surface area contributed by atoms with Gasteiger partial charge < -0.3 is 10.2 Å². The van der Waals surface area contributed by atoms with Crippen molar-refractivity contribution in [3.8, 4) is 6.07 Å². The lowest BCUT2D eigenvalue weighted by Crippen LogP contribution is -2.50. The highest BCUT2D eigenvalue weighted by atomic mass is 15.3. The monoisotopic (exact) mass is 250 g/mol. The molecule has 0 aliphatic carbocycles. The second kappa shape index (κ2) is 7.08. The van der Waals surface area contributed by atoms with Gasteiger partial charge in [0, 0.05) is 32.2 Å². The largest absolute Gasteiger partial charge is 0.302 e. The van der Waals surface area contributed by atoms with E-state index in [0.29, 0.717) is 0 Å². The van der Waals surface area contributed by atoms with E-state index in [-0.39, 0.29) is 6.04 Å². The number of nitrogens with one attached hydrogen (secondary N) is 1. The van der Waals surface area contributed by atoms with Crippen molar-refractivity contribution in [3.63, 3.8) is 0 Å². The topological polar surface area (TPSA) is 42.3 Å². The molecule has 2 saturated heterocycles. The lowest BCUT2D eigenvalue weighted by atomic mass is 10.1. The first kappa shape index (κ1) is 13.8. The molecular weight excluding hydrogens is 224 g/mol. The van der Waals surface area contributed by atoms with Crippen LogP contribution in [0, 0.1) is 11.3 Å². The molecule has 2 heterocycles. The molecule has 18 heavy (non-hydrogen) atoms. The fraction of sp³-hybridized carbons (Fsp3) is 0.929. The standard InChI is InChI=1S/C14H26N4/c1-2-6-16-13(11-15)5-8-17-9-10-18-7-3-4-14(18)12-17/h13-14,16H,2-10,12H2,1H3. The number of nitrogens with zero attached hydrogens (tertiary/aromatic N) is 3. The molecule has 2 atom stereocenters. The number of fused-ring (bicyclic) bond motifs is 1. The summed E-state index contributed by atoms with van der Waals surface area (Å²) in [6, 6.07) is 3.20. The predicted molar refractivity (Wildman–Crippen MR) is 73.3 cm³/mol. The van der Waals surface area contributed by atoms with Crippen LogP contribution in [0.15, 0.2) is 0 Å². The minimum atomic E-state index is 0.0338. The fourth-order valence-corrected chi connectivity index (χ4v) is 3.10. The molecule has 0 aromatic heterocycles. The van der Waals surface area contributed by atoms with Crippen molar-refractivity contribution in [1.82, 2.24) is 15.1 Å². The summed E-state index contributed by atoms with van der Waals surface area (Å²) < 4.78 is 0. The van der Waals surface area contributed by atoms with Gasteiger partial charge in [0.25, 0.3) is 0 Å². The Hall–Kier alpha value is -0.630. The Kier molecular flexibility index (Phi) is 5.43. The van der Waals surface area contributed by atoms with Crippen LogP contribution in [0.3, 0.4) is 0 Å². The number of nitriles is 1. The highest BCUT2D eigenvalue weighted by Crippen LogP contribution is 2.21. The van der Waals surface area contributed by atoms with Gasteiger partial charge in [-0.15, -0.1) is 0 Å². The maximum atomic E-state index is 9.09. The van der Waals surface area contributed by atoms with Gasteiger partial charge in [0.2, 0.25) is 0 Å². The molecule has 0 saturated carbocycles. The van der Waals surface area contributed by atoms with E-state index in [1.807, 2.05) is 0 Å². The summed E-state index contributed by atoms with van der Waals surface area (Å²) in [5, 5.41) is 12.4. The molecule has 0 aromatic rings. The normalized spacial score (nSPS) is 26.8. The summed E-state index contributed by atoms with van der Waals surface area (Å²) in [4.78, 5) is 5.18. The highest BCUT2D eigenvalue weighted by Gasteiger charge is 2.30. The molecule has 102 valence electrons. The quantitative estimate of drug-likeness (QED) is 0.765. The minimum absolute atomic E-state index is 0.0338. The van der Waals surface area contributed by atoms with Crippen molar-refractivity contribution in [2.75, 3.05) is 39.3 Å². The number of rotatable bonds is 6. The molecule has 0 aromatic carbocycles. The molecule has 2 fully saturated rings. The maximum absolute atomic E-state index is 9.09. The van der Waals surface area contributed by atoms with E-state index in [0.717, 1.165) is 32.0 Å². The average Bonchev–Trinajstić information content (AvgIpc) is 2.86. The van der Waals surface area contributed by atoms with Gasteiger partial charge in [0.15, 0.2) is 0 Å². The summed E-state index contributed by atoms with van der Waals surface area (Å²) in [7, 11) is 0. The zero-order valence-corrected chi connectivity index (χ0v) is 11.6. The third-order valence-electron chi connectivity index (χ3n) is 4.20. The number of piperazine rings is 1. The third-order valence-corrected chi connectivity index (χ3v) is 4.20. The first-order valence-electron chi connectivity index (χ1n) is 7.43. The summed E-state index contributed by atoms with van der Waals surface area (Å²) in [6.07, 6.45) is 4.80. The molecule has 4 heteroatoms. The molecule has 4 nitrogen and oxygen atoms in total. The predicted octanol–water partition coefficient (Wildman–Crippen LogP) is 1.05. The van der Waals surface area contributed by atoms with Gasteiger partial charge in [-0.25, -0.2) is 0 Å². The molecule has 2 aliphatic heterocycles. The van der Waals surface area contributed by atoms with Crippen molar-refractivity contribution in [2.45, 2.75) is 44.7 Å². The zero-order valence-electron chi connectivity index (χ0n) is 11.6. The van der Waals surface area contributed by atoms with Gasteiger partial charge in [-0.05, 0) is 38.8 Å². The Bertz CT molecular complexity index is 286. The summed E-state index contributed by atoms with van der Waals surface area (Å²) in [6.45, 7) is 9.09. The molecule has 0 radical (unpaired) electrons. The van der Waals surface area contributed by atoms with E-state index in [4.69, 9.17) is 5.26 Å². The molecule has 0 bridgehead atoms.